The summed E-state index contributed by atoms with van der Waals surface area (Å²) >= 11 is 1.57. The zero-order chi connectivity index (χ0) is 17.6. The minimum atomic E-state index is -0.777. The maximum absolute atomic E-state index is 12.9. The predicted octanol–water partition coefficient (Wildman–Crippen LogP) is 2.74. The molecule has 7 heteroatoms. The lowest BCUT2D eigenvalue weighted by molar-refractivity contribution is -0.144. The number of nitrogens with zero attached hydrogens (tertiary/aromatic N) is 3. The van der Waals surface area contributed by atoms with Gasteiger partial charge in [-0.15, -0.1) is 16.4 Å². The van der Waals surface area contributed by atoms with Crippen LogP contribution in [0, 0.1) is 11.3 Å². The smallest absolute Gasteiger partial charge is 0.330 e. The van der Waals surface area contributed by atoms with E-state index in [1.165, 1.54) is 12.0 Å². The molecule has 0 radical (unpaired) electrons. The molecule has 2 aromatic heterocycles. The number of fused-ring (bicyclic) bond motifs is 3. The first-order valence-corrected chi connectivity index (χ1v) is 9.03. The van der Waals surface area contributed by atoms with Crippen LogP contribution in [0.25, 0.3) is 10.2 Å². The van der Waals surface area contributed by atoms with Gasteiger partial charge in [0.2, 0.25) is 0 Å². The molecule has 2 unspecified atom stereocenters. The van der Waals surface area contributed by atoms with Gasteiger partial charge in [-0.05, 0) is 43.1 Å². The SMILES string of the molecule is COC(=O)C(C)n1nnc2sc3c(c2c1=O)CCC(C(C)(C)C)C3. The average molecular weight is 349 g/mol. The number of aromatic nitrogens is 3. The van der Waals surface area contributed by atoms with E-state index in [1.54, 1.807) is 18.3 Å². The summed E-state index contributed by atoms with van der Waals surface area (Å²) in [6, 6.07) is -0.777. The Morgan fingerprint density at radius 2 is 2.12 bits per heavy atom. The van der Waals surface area contributed by atoms with E-state index in [4.69, 9.17) is 4.74 Å². The Morgan fingerprint density at radius 3 is 2.75 bits per heavy atom. The van der Waals surface area contributed by atoms with E-state index < -0.39 is 12.0 Å². The Morgan fingerprint density at radius 1 is 1.42 bits per heavy atom. The first-order chi connectivity index (χ1) is 11.2. The fourth-order valence-corrected chi connectivity index (χ4v) is 4.60. The van der Waals surface area contributed by atoms with Crippen LogP contribution < -0.4 is 5.56 Å². The van der Waals surface area contributed by atoms with Gasteiger partial charge in [0, 0.05) is 4.88 Å². The van der Waals surface area contributed by atoms with E-state index in [0.29, 0.717) is 16.1 Å². The Balaban J connectivity index is 2.08. The van der Waals surface area contributed by atoms with Gasteiger partial charge in [0.05, 0.1) is 12.5 Å². The molecule has 0 N–H and O–H groups in total. The van der Waals surface area contributed by atoms with E-state index in [9.17, 15) is 9.59 Å². The van der Waals surface area contributed by atoms with Gasteiger partial charge in [-0.3, -0.25) is 4.79 Å². The molecule has 6 nitrogen and oxygen atoms in total. The van der Waals surface area contributed by atoms with Crippen molar-refractivity contribution in [1.82, 2.24) is 15.0 Å². The lowest BCUT2D eigenvalue weighted by atomic mass is 9.72. The number of hydrogen-bond acceptors (Lipinski definition) is 6. The summed E-state index contributed by atoms with van der Waals surface area (Å²) in [5.74, 6) is 0.102. The van der Waals surface area contributed by atoms with Crippen molar-refractivity contribution in [2.45, 2.75) is 53.0 Å². The number of carbonyl (C=O) groups is 1. The van der Waals surface area contributed by atoms with Crippen LogP contribution >= 0.6 is 11.3 Å². The standard InChI is InChI=1S/C17H23N3O3S/c1-9(16(22)23-5)20-15(21)13-11-7-6-10(17(2,3)4)8-12(11)24-14(13)18-19-20/h9-10H,6-8H2,1-5H3. The third-order valence-electron chi connectivity index (χ3n) is 5.03. The van der Waals surface area contributed by atoms with Crippen molar-refractivity contribution in [3.8, 4) is 0 Å². The van der Waals surface area contributed by atoms with E-state index in [0.717, 1.165) is 29.5 Å². The van der Waals surface area contributed by atoms with Crippen LogP contribution in [0.3, 0.4) is 0 Å². The van der Waals surface area contributed by atoms with Gasteiger partial charge >= 0.3 is 5.97 Å². The maximum Gasteiger partial charge on any atom is 0.330 e. The molecule has 0 aromatic carbocycles. The van der Waals surface area contributed by atoms with E-state index >= 15 is 0 Å². The molecule has 0 saturated carbocycles. The summed E-state index contributed by atoms with van der Waals surface area (Å²) in [5, 5.41) is 8.78. The molecule has 2 atom stereocenters. The van der Waals surface area contributed by atoms with Crippen molar-refractivity contribution in [1.29, 1.82) is 0 Å². The van der Waals surface area contributed by atoms with Crippen LogP contribution in [0.5, 0.6) is 0 Å². The van der Waals surface area contributed by atoms with Crippen LogP contribution in [-0.2, 0) is 22.4 Å². The van der Waals surface area contributed by atoms with Gasteiger partial charge in [-0.2, -0.15) is 4.68 Å². The van der Waals surface area contributed by atoms with Gasteiger partial charge < -0.3 is 4.74 Å². The highest BCUT2D eigenvalue weighted by molar-refractivity contribution is 7.18. The number of aryl methyl sites for hydroxylation is 1. The third-order valence-corrected chi connectivity index (χ3v) is 6.17. The molecule has 2 aromatic rings. The third kappa shape index (κ3) is 2.75. The van der Waals surface area contributed by atoms with Crippen LogP contribution in [0.15, 0.2) is 4.79 Å². The lowest BCUT2D eigenvalue weighted by Gasteiger charge is -2.33. The van der Waals surface area contributed by atoms with E-state index in [-0.39, 0.29) is 11.0 Å². The fraction of sp³-hybridized carbons (Fsp3) is 0.647. The number of esters is 1. The predicted molar refractivity (Wildman–Crippen MR) is 93.4 cm³/mol. The topological polar surface area (TPSA) is 74.1 Å². The van der Waals surface area contributed by atoms with Crippen molar-refractivity contribution in [2.75, 3.05) is 7.11 Å². The molecular weight excluding hydrogens is 326 g/mol. The highest BCUT2D eigenvalue weighted by atomic mass is 32.1. The monoisotopic (exact) mass is 349 g/mol. The first-order valence-electron chi connectivity index (χ1n) is 8.21. The van der Waals surface area contributed by atoms with Crippen molar-refractivity contribution in [2.24, 2.45) is 11.3 Å². The number of carbonyl (C=O) groups excluding carboxylic acids is 1. The molecule has 3 rings (SSSR count). The molecule has 130 valence electrons. The Hall–Kier alpha value is -1.76. The number of ether oxygens (including phenoxy) is 1. The molecule has 0 bridgehead atoms. The number of methoxy groups -OCH3 is 1. The highest BCUT2D eigenvalue weighted by Gasteiger charge is 2.32. The normalized spacial score (nSPS) is 19.1. The van der Waals surface area contributed by atoms with Gasteiger partial charge in [0.15, 0.2) is 10.9 Å². The van der Waals surface area contributed by atoms with Crippen molar-refractivity contribution < 1.29 is 9.53 Å². The molecule has 24 heavy (non-hydrogen) atoms. The lowest BCUT2D eigenvalue weighted by Crippen LogP contribution is -2.32. The zero-order valence-corrected chi connectivity index (χ0v) is 15.6. The van der Waals surface area contributed by atoms with Crippen LogP contribution in [-0.4, -0.2) is 28.1 Å². The first kappa shape index (κ1) is 17.1. The summed E-state index contributed by atoms with van der Waals surface area (Å²) < 4.78 is 5.85. The van der Waals surface area contributed by atoms with Crippen LogP contribution in [0.4, 0.5) is 0 Å². The Labute approximate surface area is 144 Å². The van der Waals surface area contributed by atoms with Crippen molar-refractivity contribution in [3.63, 3.8) is 0 Å². The Kier molecular flexibility index (Phi) is 4.23. The summed E-state index contributed by atoms with van der Waals surface area (Å²) in [6.45, 7) is 8.39. The van der Waals surface area contributed by atoms with E-state index in [1.807, 2.05) is 0 Å². The van der Waals surface area contributed by atoms with Gasteiger partial charge in [-0.25, -0.2) is 4.79 Å². The minimum Gasteiger partial charge on any atom is -0.467 e. The fourth-order valence-electron chi connectivity index (χ4n) is 3.37. The molecule has 1 aliphatic carbocycles. The molecular formula is C17H23N3O3S. The van der Waals surface area contributed by atoms with Gasteiger partial charge in [0.25, 0.3) is 5.56 Å². The molecule has 1 aliphatic rings. The minimum absolute atomic E-state index is 0.246. The highest BCUT2D eigenvalue weighted by Crippen LogP contribution is 2.41. The molecule has 2 heterocycles. The second-order valence-electron chi connectivity index (χ2n) is 7.53. The summed E-state index contributed by atoms with van der Waals surface area (Å²) in [6.07, 6.45) is 2.92. The molecule has 0 amide bonds. The average Bonchev–Trinajstić information content (AvgIpc) is 2.91. The van der Waals surface area contributed by atoms with Gasteiger partial charge in [0.1, 0.15) is 0 Å². The Bertz CT molecular complexity index is 847. The second-order valence-corrected chi connectivity index (χ2v) is 8.61. The van der Waals surface area contributed by atoms with E-state index in [2.05, 4.69) is 31.1 Å². The summed E-state index contributed by atoms with van der Waals surface area (Å²) in [7, 11) is 1.30. The molecule has 0 spiro atoms. The molecule has 0 saturated heterocycles. The number of hydrogen-bond donors (Lipinski definition) is 0. The van der Waals surface area contributed by atoms with Crippen molar-refractivity contribution in [3.05, 3.63) is 20.8 Å². The maximum atomic E-state index is 12.9. The largest absolute Gasteiger partial charge is 0.467 e. The molecule has 0 aliphatic heterocycles. The number of thiophene rings is 1. The summed E-state index contributed by atoms with van der Waals surface area (Å²) in [4.78, 5) is 26.5. The quantitative estimate of drug-likeness (QED) is 0.780. The molecule has 0 fully saturated rings. The second kappa shape index (κ2) is 5.95. The van der Waals surface area contributed by atoms with Gasteiger partial charge in [-0.1, -0.05) is 26.0 Å². The zero-order valence-electron chi connectivity index (χ0n) is 14.8. The van der Waals surface area contributed by atoms with Crippen LogP contribution in [0.1, 0.15) is 50.6 Å². The summed E-state index contributed by atoms with van der Waals surface area (Å²) in [5.41, 5.74) is 1.10. The van der Waals surface area contributed by atoms with Crippen molar-refractivity contribution >= 4 is 27.5 Å². The number of rotatable bonds is 2. The van der Waals surface area contributed by atoms with Crippen LogP contribution in [0.2, 0.25) is 0 Å².